The van der Waals surface area contributed by atoms with E-state index in [2.05, 4.69) is 0 Å². The minimum atomic E-state index is -1.76. The molecule has 13 heteroatoms. The van der Waals surface area contributed by atoms with Crippen molar-refractivity contribution in [2.45, 2.75) is 90.3 Å². The molecule has 0 saturated carbocycles. The number of aliphatic hydroxyl groups is 1. The molecule has 0 spiro atoms. The number of carbonyl (C=O) groups is 4. The molecule has 3 atom stereocenters. The second kappa shape index (κ2) is 16.3. The molecule has 3 aromatic carbocycles. The van der Waals surface area contributed by atoms with Crippen LogP contribution in [0.15, 0.2) is 78.9 Å². The molecule has 2 aliphatic heterocycles. The van der Waals surface area contributed by atoms with Gasteiger partial charge >= 0.3 is 25.0 Å². The first-order valence-corrected chi connectivity index (χ1v) is 17.9. The predicted molar refractivity (Wildman–Crippen MR) is 200 cm³/mol. The molecule has 2 heterocycles. The third-order valence-corrected chi connectivity index (χ3v) is 10.1. The van der Waals surface area contributed by atoms with Gasteiger partial charge in [0.05, 0.1) is 23.2 Å². The van der Waals surface area contributed by atoms with Crippen molar-refractivity contribution in [3.8, 4) is 0 Å². The summed E-state index contributed by atoms with van der Waals surface area (Å²) < 4.78 is 41.8. The summed E-state index contributed by atoms with van der Waals surface area (Å²) in [5.74, 6) is -2.66. The Kier molecular flexibility index (Phi) is 12.1. The topological polar surface area (TPSA) is 138 Å². The van der Waals surface area contributed by atoms with Gasteiger partial charge in [0.15, 0.2) is 5.60 Å². The van der Waals surface area contributed by atoms with Crippen LogP contribution in [-0.4, -0.2) is 66.1 Å². The molecule has 1 amide bonds. The number of β-lactam (4-membered cyclic amide) rings is 1. The van der Waals surface area contributed by atoms with E-state index in [0.29, 0.717) is 29.7 Å². The molecule has 1 N–H and O–H groups in total. The number of rotatable bonds is 14. The largest absolute Gasteiger partial charge is 0.494 e. The number of anilines is 1. The van der Waals surface area contributed by atoms with Crippen molar-refractivity contribution >= 4 is 48.2 Å². The number of halogens is 1. The maximum Gasteiger partial charge on any atom is 0.494 e. The van der Waals surface area contributed by atoms with Gasteiger partial charge in [0.1, 0.15) is 25.1 Å². The Labute approximate surface area is 315 Å². The van der Waals surface area contributed by atoms with Crippen molar-refractivity contribution in [3.63, 3.8) is 0 Å². The molecule has 11 nitrogen and oxygen atoms in total. The number of carbonyl (C=O) groups excluding carboxylic acids is 4. The van der Waals surface area contributed by atoms with Crippen LogP contribution in [0, 0.1) is 11.7 Å². The number of hydrogen-bond donors (Lipinski definition) is 1. The van der Waals surface area contributed by atoms with Gasteiger partial charge in [-0.25, -0.2) is 4.39 Å². The lowest BCUT2D eigenvalue weighted by molar-refractivity contribution is -0.155. The average Bonchev–Trinajstić information content (AvgIpc) is 3.34. The summed E-state index contributed by atoms with van der Waals surface area (Å²) in [7, 11) is -0.564. The van der Waals surface area contributed by atoms with E-state index >= 15 is 0 Å². The first-order chi connectivity index (χ1) is 25.4. The van der Waals surface area contributed by atoms with Crippen LogP contribution in [0.25, 0.3) is 6.08 Å². The van der Waals surface area contributed by atoms with E-state index in [1.54, 1.807) is 23.1 Å². The van der Waals surface area contributed by atoms with Gasteiger partial charge in [0, 0.05) is 26.5 Å². The molecule has 0 aromatic heterocycles. The molecule has 0 bridgehead atoms. The number of hydrogen-bond acceptors (Lipinski definition) is 10. The minimum Gasteiger partial charge on any atom is -0.462 e. The molecule has 286 valence electrons. The number of ether oxygens (including phenoxy) is 3. The zero-order chi connectivity index (χ0) is 39.4. The molecule has 1 unspecified atom stereocenters. The lowest BCUT2D eigenvalue weighted by Crippen LogP contribution is -2.55. The van der Waals surface area contributed by atoms with E-state index in [9.17, 15) is 28.7 Å². The molecule has 2 aliphatic rings. The van der Waals surface area contributed by atoms with Gasteiger partial charge in [-0.05, 0) is 93.0 Å². The first kappa shape index (κ1) is 40.3. The van der Waals surface area contributed by atoms with E-state index in [1.807, 2.05) is 76.2 Å². The Morgan fingerprint density at radius 2 is 1.43 bits per heavy atom. The standard InChI is InChI=1S/C41H47BFNO10/c1-26(45)50-24-41(49,25-51-27(2)46)23-22-29-8-10-31(11-9-29)37-35(20-21-36(52-28(3)47)30-12-16-33(43)17-13-30)38(48)44(37)34-18-14-32(15-19-34)42-53-39(4,5)40(6,7)54-42/h8-19,22-23,35-37,49H,20-21,24-25H2,1-7H3/b23-22+/t35?,36-,37+/m0/s1. The van der Waals surface area contributed by atoms with Gasteiger partial charge in [0.25, 0.3) is 0 Å². The molecule has 3 aromatic rings. The number of nitrogens with zero attached hydrogens (tertiary/aromatic N) is 1. The third kappa shape index (κ3) is 9.44. The smallest absolute Gasteiger partial charge is 0.462 e. The van der Waals surface area contributed by atoms with E-state index < -0.39 is 72.9 Å². The maximum atomic E-state index is 14.0. The van der Waals surface area contributed by atoms with Crippen molar-refractivity contribution in [1.82, 2.24) is 0 Å². The fourth-order valence-electron chi connectivity index (χ4n) is 6.42. The van der Waals surface area contributed by atoms with E-state index in [0.717, 1.165) is 11.0 Å². The molecule has 2 saturated heterocycles. The number of benzene rings is 3. The average molecular weight is 744 g/mol. The van der Waals surface area contributed by atoms with E-state index in [4.69, 9.17) is 23.5 Å². The highest BCUT2D eigenvalue weighted by atomic mass is 19.1. The fourth-order valence-corrected chi connectivity index (χ4v) is 6.42. The summed E-state index contributed by atoms with van der Waals surface area (Å²) in [6, 6.07) is 20.3. The van der Waals surface area contributed by atoms with Gasteiger partial charge in [-0.3, -0.25) is 19.2 Å². The van der Waals surface area contributed by atoms with Crippen molar-refractivity contribution in [2.75, 3.05) is 18.1 Å². The third-order valence-electron chi connectivity index (χ3n) is 10.1. The maximum absolute atomic E-state index is 14.0. The van der Waals surface area contributed by atoms with Crippen LogP contribution in [0.4, 0.5) is 10.1 Å². The molecule has 2 fully saturated rings. The fraction of sp³-hybridized carbons (Fsp3) is 0.415. The molecule has 54 heavy (non-hydrogen) atoms. The number of esters is 3. The molecule has 0 aliphatic carbocycles. The minimum absolute atomic E-state index is 0.103. The Morgan fingerprint density at radius 1 is 0.870 bits per heavy atom. The van der Waals surface area contributed by atoms with E-state index in [-0.39, 0.29) is 11.9 Å². The zero-order valence-electron chi connectivity index (χ0n) is 31.7. The molecular formula is C41H47BFNO10. The monoisotopic (exact) mass is 743 g/mol. The second-order valence-electron chi connectivity index (χ2n) is 14.8. The van der Waals surface area contributed by atoms with Crippen molar-refractivity contribution in [3.05, 3.63) is 101 Å². The second-order valence-corrected chi connectivity index (χ2v) is 14.8. The van der Waals surface area contributed by atoms with Gasteiger partial charge < -0.3 is 33.5 Å². The van der Waals surface area contributed by atoms with Gasteiger partial charge in [0.2, 0.25) is 5.91 Å². The summed E-state index contributed by atoms with van der Waals surface area (Å²) >= 11 is 0. The molecule has 5 rings (SSSR count). The summed E-state index contributed by atoms with van der Waals surface area (Å²) in [5, 5.41) is 11.0. The SMILES string of the molecule is CC(=O)OCC(O)(/C=C/c1ccc([C@@H]2C(CC[C@H](OC(C)=O)c3ccc(F)cc3)C(=O)N2c2ccc(B3OC(C)(C)C(C)(C)O3)cc2)cc1)COC(C)=O. The highest BCUT2D eigenvalue weighted by Gasteiger charge is 2.52. The highest BCUT2D eigenvalue weighted by molar-refractivity contribution is 6.62. The summed E-state index contributed by atoms with van der Waals surface area (Å²) in [4.78, 5) is 50.6. The molecule has 0 radical (unpaired) electrons. The zero-order valence-corrected chi connectivity index (χ0v) is 31.7. The van der Waals surface area contributed by atoms with E-state index in [1.165, 1.54) is 39.0 Å². The molecular weight excluding hydrogens is 696 g/mol. The lowest BCUT2D eigenvalue weighted by atomic mass is 9.77. The summed E-state index contributed by atoms with van der Waals surface area (Å²) in [6.45, 7) is 10.9. The Hall–Kier alpha value is -4.85. The summed E-state index contributed by atoms with van der Waals surface area (Å²) in [5.41, 5.74) is 0.885. The van der Waals surface area contributed by atoms with Crippen molar-refractivity contribution < 1.29 is 52.2 Å². The van der Waals surface area contributed by atoms with Gasteiger partial charge in [-0.2, -0.15) is 0 Å². The van der Waals surface area contributed by atoms with Crippen LogP contribution in [0.2, 0.25) is 0 Å². The van der Waals surface area contributed by atoms with Crippen LogP contribution in [0.1, 0.15) is 90.1 Å². The number of amides is 1. The van der Waals surface area contributed by atoms with Crippen LogP contribution in [-0.2, 0) is 42.7 Å². The van der Waals surface area contributed by atoms with Gasteiger partial charge in [-0.15, -0.1) is 0 Å². The van der Waals surface area contributed by atoms with Crippen LogP contribution in [0.3, 0.4) is 0 Å². The van der Waals surface area contributed by atoms with Crippen molar-refractivity contribution in [1.29, 1.82) is 0 Å². The summed E-state index contributed by atoms with van der Waals surface area (Å²) in [6.07, 6.45) is 3.06. The van der Waals surface area contributed by atoms with Gasteiger partial charge in [-0.1, -0.05) is 54.6 Å². The normalized spacial score (nSPS) is 19.7. The highest BCUT2D eigenvalue weighted by Crippen LogP contribution is 2.47. The lowest BCUT2D eigenvalue weighted by Gasteiger charge is -2.48. The Bertz CT molecular complexity index is 1830. The van der Waals surface area contributed by atoms with Crippen LogP contribution >= 0.6 is 0 Å². The van der Waals surface area contributed by atoms with Crippen LogP contribution < -0.4 is 10.4 Å². The Morgan fingerprint density at radius 3 is 1.94 bits per heavy atom. The predicted octanol–water partition coefficient (Wildman–Crippen LogP) is 5.78. The first-order valence-electron chi connectivity index (χ1n) is 17.9. The quantitative estimate of drug-likeness (QED) is 0.0936. The van der Waals surface area contributed by atoms with Crippen LogP contribution in [0.5, 0.6) is 0 Å². The Balaban J connectivity index is 1.41. The van der Waals surface area contributed by atoms with Crippen molar-refractivity contribution in [2.24, 2.45) is 5.92 Å².